The molecule has 0 saturated heterocycles. The van der Waals surface area contributed by atoms with Crippen LogP contribution in [0.25, 0.3) is 0 Å². The van der Waals surface area contributed by atoms with E-state index in [1.807, 2.05) is 14.0 Å². The molecule has 14 heavy (non-hydrogen) atoms. The van der Waals surface area contributed by atoms with Crippen molar-refractivity contribution in [2.45, 2.75) is 39.8 Å². The fraction of sp³-hybridized carbons (Fsp3) is 1.00. The molecule has 0 heterocycles. The Morgan fingerprint density at radius 3 is 2.14 bits per heavy atom. The van der Waals surface area contributed by atoms with Crippen molar-refractivity contribution < 1.29 is 9.47 Å². The maximum atomic E-state index is 5.52. The van der Waals surface area contributed by atoms with Crippen LogP contribution < -0.4 is 5.32 Å². The van der Waals surface area contributed by atoms with Crippen LogP contribution in [0.3, 0.4) is 0 Å². The van der Waals surface area contributed by atoms with Crippen molar-refractivity contribution in [2.24, 2.45) is 5.41 Å². The van der Waals surface area contributed by atoms with Crippen molar-refractivity contribution in [3.05, 3.63) is 0 Å². The summed E-state index contributed by atoms with van der Waals surface area (Å²) in [6.45, 7) is 9.99. The lowest BCUT2D eigenvalue weighted by Crippen LogP contribution is -2.49. The number of methoxy groups -OCH3 is 1. The fourth-order valence-electron chi connectivity index (χ4n) is 1.69. The molecule has 0 radical (unpaired) electrons. The molecule has 0 aromatic carbocycles. The monoisotopic (exact) mass is 203 g/mol. The largest absolute Gasteiger partial charge is 0.380 e. The van der Waals surface area contributed by atoms with Crippen LogP contribution in [0.2, 0.25) is 0 Å². The van der Waals surface area contributed by atoms with Crippen molar-refractivity contribution in [2.75, 3.05) is 27.4 Å². The van der Waals surface area contributed by atoms with E-state index in [1.54, 1.807) is 7.11 Å². The van der Waals surface area contributed by atoms with Crippen LogP contribution in [-0.4, -0.2) is 39.5 Å². The predicted octanol–water partition coefficient (Wildman–Crippen LogP) is 1.67. The van der Waals surface area contributed by atoms with E-state index >= 15 is 0 Å². The van der Waals surface area contributed by atoms with E-state index in [-0.39, 0.29) is 17.6 Å². The fourth-order valence-corrected chi connectivity index (χ4v) is 1.69. The Kier molecular flexibility index (Phi) is 6.33. The van der Waals surface area contributed by atoms with E-state index in [9.17, 15) is 0 Å². The molecule has 0 bridgehead atoms. The summed E-state index contributed by atoms with van der Waals surface area (Å²) >= 11 is 0. The molecule has 0 aliphatic rings. The molecule has 0 aromatic heterocycles. The SMILES string of the molecule is CCOCC(NC)C(OC)C(C)(C)C. The molecular weight excluding hydrogens is 178 g/mol. The van der Waals surface area contributed by atoms with Crippen LogP contribution in [0, 0.1) is 5.41 Å². The Hall–Kier alpha value is -0.120. The quantitative estimate of drug-likeness (QED) is 0.712. The van der Waals surface area contributed by atoms with E-state index in [2.05, 4.69) is 26.1 Å². The molecule has 2 atom stereocenters. The number of rotatable bonds is 6. The van der Waals surface area contributed by atoms with Gasteiger partial charge >= 0.3 is 0 Å². The highest BCUT2D eigenvalue weighted by Crippen LogP contribution is 2.24. The molecule has 0 amide bonds. The van der Waals surface area contributed by atoms with Crippen LogP contribution in [-0.2, 0) is 9.47 Å². The molecule has 0 rings (SSSR count). The Balaban J connectivity index is 4.29. The highest BCUT2D eigenvalue weighted by atomic mass is 16.5. The molecule has 86 valence electrons. The Morgan fingerprint density at radius 2 is 1.86 bits per heavy atom. The second kappa shape index (κ2) is 6.38. The van der Waals surface area contributed by atoms with E-state index in [4.69, 9.17) is 9.47 Å². The maximum Gasteiger partial charge on any atom is 0.0794 e. The van der Waals surface area contributed by atoms with Crippen molar-refractivity contribution in [1.82, 2.24) is 5.32 Å². The molecule has 3 heteroatoms. The molecule has 1 N–H and O–H groups in total. The average Bonchev–Trinajstić information content (AvgIpc) is 2.09. The van der Waals surface area contributed by atoms with Gasteiger partial charge in [-0.15, -0.1) is 0 Å². The number of hydrogen-bond acceptors (Lipinski definition) is 3. The number of nitrogens with one attached hydrogen (secondary N) is 1. The van der Waals surface area contributed by atoms with Gasteiger partial charge in [-0.05, 0) is 19.4 Å². The average molecular weight is 203 g/mol. The van der Waals surface area contributed by atoms with Gasteiger partial charge in [-0.1, -0.05) is 20.8 Å². The first-order chi connectivity index (χ1) is 6.47. The number of hydrogen-bond donors (Lipinski definition) is 1. The zero-order chi connectivity index (χ0) is 11.2. The molecule has 2 unspecified atom stereocenters. The van der Waals surface area contributed by atoms with Crippen LogP contribution in [0.15, 0.2) is 0 Å². The first-order valence-corrected chi connectivity index (χ1v) is 5.25. The summed E-state index contributed by atoms with van der Waals surface area (Å²) in [6.07, 6.45) is 0.166. The summed E-state index contributed by atoms with van der Waals surface area (Å²) < 4.78 is 10.9. The van der Waals surface area contributed by atoms with Gasteiger partial charge < -0.3 is 14.8 Å². The van der Waals surface area contributed by atoms with E-state index in [0.717, 1.165) is 6.61 Å². The molecule has 3 nitrogen and oxygen atoms in total. The lowest BCUT2D eigenvalue weighted by atomic mass is 9.84. The van der Waals surface area contributed by atoms with Gasteiger partial charge in [0.15, 0.2) is 0 Å². The normalized spacial score (nSPS) is 16.7. The summed E-state index contributed by atoms with van der Waals surface area (Å²) in [6, 6.07) is 0.250. The van der Waals surface area contributed by atoms with Gasteiger partial charge in [0.1, 0.15) is 0 Å². The summed E-state index contributed by atoms with van der Waals surface area (Å²) in [7, 11) is 3.70. The van der Waals surface area contributed by atoms with Gasteiger partial charge in [0.2, 0.25) is 0 Å². The first-order valence-electron chi connectivity index (χ1n) is 5.25. The van der Waals surface area contributed by atoms with E-state index in [0.29, 0.717) is 6.61 Å². The van der Waals surface area contributed by atoms with Gasteiger partial charge in [-0.3, -0.25) is 0 Å². The Labute approximate surface area is 88.2 Å². The minimum absolute atomic E-state index is 0.125. The van der Waals surface area contributed by atoms with Gasteiger partial charge in [-0.2, -0.15) is 0 Å². The summed E-state index contributed by atoms with van der Waals surface area (Å²) in [5.74, 6) is 0. The molecule has 0 aliphatic carbocycles. The summed E-state index contributed by atoms with van der Waals surface area (Å²) in [4.78, 5) is 0. The third kappa shape index (κ3) is 4.40. The van der Waals surface area contributed by atoms with Crippen molar-refractivity contribution in [3.8, 4) is 0 Å². The Bertz CT molecular complexity index is 143. The third-order valence-corrected chi connectivity index (χ3v) is 2.35. The van der Waals surface area contributed by atoms with E-state index < -0.39 is 0 Å². The predicted molar refractivity (Wildman–Crippen MR) is 59.6 cm³/mol. The third-order valence-electron chi connectivity index (χ3n) is 2.35. The van der Waals surface area contributed by atoms with Crippen LogP contribution in [0.1, 0.15) is 27.7 Å². The second-order valence-electron chi connectivity index (χ2n) is 4.58. The zero-order valence-corrected chi connectivity index (χ0v) is 10.4. The maximum absolute atomic E-state index is 5.52. The molecule has 0 aromatic rings. The molecule has 0 spiro atoms. The van der Waals surface area contributed by atoms with E-state index in [1.165, 1.54) is 0 Å². The van der Waals surface area contributed by atoms with Crippen LogP contribution >= 0.6 is 0 Å². The standard InChI is InChI=1S/C11H25NO2/c1-7-14-8-9(12-5)10(13-6)11(2,3)4/h9-10,12H,7-8H2,1-6H3. The number of likely N-dealkylation sites (N-methyl/N-ethyl adjacent to an activating group) is 1. The highest BCUT2D eigenvalue weighted by Gasteiger charge is 2.31. The highest BCUT2D eigenvalue weighted by molar-refractivity contribution is 4.85. The molecular formula is C11H25NO2. The van der Waals surface area contributed by atoms with Crippen LogP contribution in [0.4, 0.5) is 0 Å². The van der Waals surface area contributed by atoms with Crippen molar-refractivity contribution in [3.63, 3.8) is 0 Å². The smallest absolute Gasteiger partial charge is 0.0794 e. The van der Waals surface area contributed by atoms with Crippen molar-refractivity contribution >= 4 is 0 Å². The number of ether oxygens (including phenoxy) is 2. The van der Waals surface area contributed by atoms with Gasteiger partial charge in [0.05, 0.1) is 18.8 Å². The van der Waals surface area contributed by atoms with Crippen LogP contribution in [0.5, 0.6) is 0 Å². The lowest BCUT2D eigenvalue weighted by molar-refractivity contribution is -0.0331. The van der Waals surface area contributed by atoms with Gasteiger partial charge in [0, 0.05) is 13.7 Å². The topological polar surface area (TPSA) is 30.5 Å². The minimum Gasteiger partial charge on any atom is -0.380 e. The Morgan fingerprint density at radius 1 is 1.29 bits per heavy atom. The summed E-state index contributed by atoms with van der Waals surface area (Å²) in [5.41, 5.74) is 0.125. The lowest BCUT2D eigenvalue weighted by Gasteiger charge is -2.35. The minimum atomic E-state index is 0.125. The van der Waals surface area contributed by atoms with Crippen molar-refractivity contribution in [1.29, 1.82) is 0 Å². The summed E-state index contributed by atoms with van der Waals surface area (Å²) in [5, 5.41) is 3.24. The van der Waals surface area contributed by atoms with Gasteiger partial charge in [-0.25, -0.2) is 0 Å². The molecule has 0 fully saturated rings. The zero-order valence-electron chi connectivity index (χ0n) is 10.4. The molecule has 0 aliphatic heterocycles. The second-order valence-corrected chi connectivity index (χ2v) is 4.58. The van der Waals surface area contributed by atoms with Gasteiger partial charge in [0.25, 0.3) is 0 Å². The first kappa shape index (κ1) is 13.9. The molecule has 0 saturated carbocycles.